The van der Waals surface area contributed by atoms with Crippen LogP contribution in [0.1, 0.15) is 2.85 Å². The standard InChI is InChI=1S/C2H4O3.Mg.2H/c1-5-2(3)4;;;/h1H3,(H,3,4);;;/q;+2;2*-1. The molecule has 0 saturated carbocycles. The van der Waals surface area contributed by atoms with E-state index in [1.165, 1.54) is 0 Å². The first kappa shape index (κ1) is 9.40. The minimum atomic E-state index is -1.25. The Bertz CT molecular complexity index is 50.5. The van der Waals surface area contributed by atoms with Crippen molar-refractivity contribution in [2.24, 2.45) is 0 Å². The van der Waals surface area contributed by atoms with Gasteiger partial charge in [-0.2, -0.15) is 0 Å². The van der Waals surface area contributed by atoms with Gasteiger partial charge >= 0.3 is 29.2 Å². The summed E-state index contributed by atoms with van der Waals surface area (Å²) in [4.78, 5) is 9.15. The Balaban J connectivity index is -0.0000000267. The molecule has 0 bridgehead atoms. The summed E-state index contributed by atoms with van der Waals surface area (Å²) in [5.74, 6) is 0. The SMILES string of the molecule is COC(=O)O.[H-].[H-].[Mg+2]. The summed E-state index contributed by atoms with van der Waals surface area (Å²) in [5.41, 5.74) is 0. The van der Waals surface area contributed by atoms with Crippen LogP contribution in [0.15, 0.2) is 0 Å². The van der Waals surface area contributed by atoms with E-state index in [4.69, 9.17) is 9.90 Å². The molecule has 0 rings (SSSR count). The van der Waals surface area contributed by atoms with Crippen LogP contribution >= 0.6 is 0 Å². The number of hydrogen-bond donors (Lipinski definition) is 1. The van der Waals surface area contributed by atoms with Gasteiger partial charge in [0.25, 0.3) is 0 Å². The van der Waals surface area contributed by atoms with Crippen molar-refractivity contribution in [1.29, 1.82) is 0 Å². The summed E-state index contributed by atoms with van der Waals surface area (Å²) in [6.45, 7) is 0. The van der Waals surface area contributed by atoms with E-state index in [1.807, 2.05) is 0 Å². The molecule has 34 valence electrons. The summed E-state index contributed by atoms with van der Waals surface area (Å²) >= 11 is 0. The van der Waals surface area contributed by atoms with E-state index in [-0.39, 0.29) is 25.9 Å². The molecule has 0 saturated heterocycles. The summed E-state index contributed by atoms with van der Waals surface area (Å²) in [5, 5.41) is 7.50. The third-order valence-electron chi connectivity index (χ3n) is 0.175. The molecule has 0 spiro atoms. The molecule has 0 aromatic carbocycles. The zero-order valence-electron chi connectivity index (χ0n) is 5.47. The molecule has 0 heterocycles. The molecule has 0 fully saturated rings. The van der Waals surface area contributed by atoms with E-state index in [9.17, 15) is 0 Å². The Morgan fingerprint density at radius 2 is 2.17 bits per heavy atom. The zero-order chi connectivity index (χ0) is 4.28. The van der Waals surface area contributed by atoms with E-state index in [1.54, 1.807) is 0 Å². The van der Waals surface area contributed by atoms with Crippen LogP contribution in [0, 0.1) is 0 Å². The van der Waals surface area contributed by atoms with Crippen LogP contribution < -0.4 is 0 Å². The van der Waals surface area contributed by atoms with Crippen molar-refractivity contribution < 1.29 is 17.5 Å². The largest absolute Gasteiger partial charge is 2.00 e. The van der Waals surface area contributed by atoms with Gasteiger partial charge in [-0.1, -0.05) is 0 Å². The molecule has 6 heavy (non-hydrogen) atoms. The topological polar surface area (TPSA) is 46.5 Å². The van der Waals surface area contributed by atoms with Crippen LogP contribution in [0.2, 0.25) is 0 Å². The number of rotatable bonds is 0. The van der Waals surface area contributed by atoms with Crippen LogP contribution in [0.4, 0.5) is 4.79 Å². The van der Waals surface area contributed by atoms with Gasteiger partial charge in [0.05, 0.1) is 7.11 Å². The van der Waals surface area contributed by atoms with Crippen molar-refractivity contribution in [2.75, 3.05) is 7.11 Å². The maximum atomic E-state index is 9.15. The number of hydrogen-bond acceptors (Lipinski definition) is 2. The molecule has 0 unspecified atom stereocenters. The summed E-state index contributed by atoms with van der Waals surface area (Å²) in [7, 11) is 1.10. The molecular weight excluding hydrogens is 96.3 g/mol. The average molecular weight is 102 g/mol. The fourth-order valence-corrected chi connectivity index (χ4v) is 0. The van der Waals surface area contributed by atoms with Crippen molar-refractivity contribution in [3.05, 3.63) is 0 Å². The molecule has 0 radical (unpaired) electrons. The van der Waals surface area contributed by atoms with Gasteiger partial charge in [-0.3, -0.25) is 0 Å². The fraction of sp³-hybridized carbons (Fsp3) is 0.500. The van der Waals surface area contributed by atoms with Crippen molar-refractivity contribution in [1.82, 2.24) is 0 Å². The van der Waals surface area contributed by atoms with Crippen LogP contribution in [0.3, 0.4) is 0 Å². The van der Waals surface area contributed by atoms with Crippen LogP contribution in [0.5, 0.6) is 0 Å². The Kier molecular flexibility index (Phi) is 7.89. The first-order valence-electron chi connectivity index (χ1n) is 1.04. The van der Waals surface area contributed by atoms with Gasteiger partial charge in [0.1, 0.15) is 0 Å². The molecule has 0 aromatic heterocycles. The predicted octanol–water partition coefficient (Wildman–Crippen LogP) is 0.155. The molecule has 0 aliphatic heterocycles. The van der Waals surface area contributed by atoms with E-state index in [2.05, 4.69) is 4.74 Å². The minimum absolute atomic E-state index is 0. The Morgan fingerprint density at radius 3 is 2.17 bits per heavy atom. The Labute approximate surface area is 54.4 Å². The third kappa shape index (κ3) is 8.97. The Morgan fingerprint density at radius 1 is 2.00 bits per heavy atom. The van der Waals surface area contributed by atoms with Crippen LogP contribution in [-0.2, 0) is 4.74 Å². The number of methoxy groups -OCH3 is 1. The molecule has 0 amide bonds. The number of carbonyl (C=O) groups is 1. The first-order valence-corrected chi connectivity index (χ1v) is 1.04. The van der Waals surface area contributed by atoms with Gasteiger partial charge in [0.15, 0.2) is 0 Å². The Hall–Kier alpha value is 0.0362. The first-order chi connectivity index (χ1) is 2.27. The zero-order valence-corrected chi connectivity index (χ0v) is 4.89. The van der Waals surface area contributed by atoms with Gasteiger partial charge in [-0.25, -0.2) is 4.79 Å². The van der Waals surface area contributed by atoms with Gasteiger partial charge in [0.2, 0.25) is 0 Å². The van der Waals surface area contributed by atoms with Gasteiger partial charge in [0, 0.05) is 0 Å². The second-order valence-corrected chi connectivity index (χ2v) is 0.470. The summed E-state index contributed by atoms with van der Waals surface area (Å²) in [6, 6.07) is 0. The van der Waals surface area contributed by atoms with Crippen LogP contribution in [0.25, 0.3) is 0 Å². The number of ether oxygens (including phenoxy) is 1. The third-order valence-corrected chi connectivity index (χ3v) is 0.175. The summed E-state index contributed by atoms with van der Waals surface area (Å²) < 4.78 is 3.67. The summed E-state index contributed by atoms with van der Waals surface area (Å²) in [6.07, 6.45) is -1.25. The minimum Gasteiger partial charge on any atom is -1.00 e. The molecule has 0 aliphatic rings. The van der Waals surface area contributed by atoms with E-state index in [0.29, 0.717) is 0 Å². The van der Waals surface area contributed by atoms with Gasteiger partial charge < -0.3 is 12.7 Å². The van der Waals surface area contributed by atoms with E-state index in [0.717, 1.165) is 7.11 Å². The molecular formula is C2H6MgO3. The molecule has 1 N–H and O–H groups in total. The number of carboxylic acid groups (broad SMARTS) is 1. The average Bonchev–Trinajstić information content (AvgIpc) is 1.38. The quantitative estimate of drug-likeness (QED) is 0.350. The van der Waals surface area contributed by atoms with Gasteiger partial charge in [-0.05, 0) is 0 Å². The molecule has 0 aromatic rings. The van der Waals surface area contributed by atoms with Crippen molar-refractivity contribution >= 4 is 29.2 Å². The van der Waals surface area contributed by atoms with Crippen molar-refractivity contribution in [2.45, 2.75) is 0 Å². The van der Waals surface area contributed by atoms with E-state index < -0.39 is 6.16 Å². The smallest absolute Gasteiger partial charge is 1.00 e. The monoisotopic (exact) mass is 102 g/mol. The maximum absolute atomic E-state index is 9.15. The molecule has 3 nitrogen and oxygen atoms in total. The molecule has 0 atom stereocenters. The van der Waals surface area contributed by atoms with Gasteiger partial charge in [-0.15, -0.1) is 0 Å². The molecule has 0 aliphatic carbocycles. The predicted molar refractivity (Wildman–Crippen MR) is 23.0 cm³/mol. The normalized spacial score (nSPS) is 5.50. The van der Waals surface area contributed by atoms with Crippen molar-refractivity contribution in [3.8, 4) is 0 Å². The second-order valence-electron chi connectivity index (χ2n) is 0.470. The maximum Gasteiger partial charge on any atom is 2.00 e. The molecule has 4 heteroatoms. The fourth-order valence-electron chi connectivity index (χ4n) is 0. The van der Waals surface area contributed by atoms with Crippen LogP contribution in [-0.4, -0.2) is 41.4 Å². The van der Waals surface area contributed by atoms with E-state index >= 15 is 0 Å². The van der Waals surface area contributed by atoms with Crippen molar-refractivity contribution in [3.63, 3.8) is 0 Å². The second kappa shape index (κ2) is 5.04.